The van der Waals surface area contributed by atoms with Gasteiger partial charge in [0.1, 0.15) is 5.75 Å². The number of alkyl halides is 9. The van der Waals surface area contributed by atoms with E-state index in [9.17, 15) is 44.3 Å². The number of methoxy groups -OCH3 is 1. The lowest BCUT2D eigenvalue weighted by Gasteiger charge is -2.18. The Balaban J connectivity index is 3.78. The van der Waals surface area contributed by atoms with Crippen LogP contribution < -0.4 is 4.74 Å². The number of hydrogen-bond acceptors (Lipinski definition) is 2. The highest BCUT2D eigenvalue weighted by Gasteiger charge is 2.46. The number of ether oxygens (including phenoxy) is 1. The smallest absolute Gasteiger partial charge is 0.455 e. The van der Waals surface area contributed by atoms with Crippen molar-refractivity contribution in [2.75, 3.05) is 7.11 Å². The Hall–Kier alpha value is -1.94. The van der Waals surface area contributed by atoms with Crippen molar-refractivity contribution in [1.29, 1.82) is 0 Å². The Kier molecular flexibility index (Phi) is 4.41. The molecule has 0 heterocycles. The molecule has 22 heavy (non-hydrogen) atoms. The van der Waals surface area contributed by atoms with E-state index in [0.29, 0.717) is 7.11 Å². The van der Waals surface area contributed by atoms with E-state index in [1.54, 1.807) is 0 Å². The van der Waals surface area contributed by atoms with Crippen LogP contribution in [0, 0.1) is 0 Å². The maximum atomic E-state index is 12.7. The summed E-state index contributed by atoms with van der Waals surface area (Å²) in [4.78, 5) is 11.1. The molecule has 0 N–H and O–H groups in total. The molecule has 0 fully saturated rings. The number of ketones is 1. The van der Waals surface area contributed by atoms with Crippen molar-refractivity contribution in [3.63, 3.8) is 0 Å². The van der Waals surface area contributed by atoms with Gasteiger partial charge in [0.2, 0.25) is 0 Å². The number of Topliss-reactive ketones (excluding diaryl/α,β-unsaturated/α-hetero) is 1. The van der Waals surface area contributed by atoms with Crippen LogP contribution in [0.5, 0.6) is 5.75 Å². The van der Waals surface area contributed by atoms with E-state index in [2.05, 4.69) is 4.74 Å². The van der Waals surface area contributed by atoms with Crippen LogP contribution in [0.1, 0.15) is 21.5 Å². The second kappa shape index (κ2) is 5.36. The molecule has 0 saturated carbocycles. The molecule has 0 amide bonds. The quantitative estimate of drug-likeness (QED) is 0.586. The molecule has 0 radical (unpaired) electrons. The van der Waals surface area contributed by atoms with Crippen LogP contribution in [0.3, 0.4) is 0 Å². The summed E-state index contributed by atoms with van der Waals surface area (Å²) in [7, 11) is 0.505. The van der Waals surface area contributed by atoms with Gasteiger partial charge in [0.05, 0.1) is 23.8 Å². The van der Waals surface area contributed by atoms with Gasteiger partial charge in [0.25, 0.3) is 5.78 Å². The standard InChI is InChI=1S/C11H5F9O2/c1-22-7-5(8(21)11(18,19)20)2-4(9(12,13)14)3-6(7)10(15,16)17/h2-3H,1H3. The first kappa shape index (κ1) is 18.1. The first-order valence-corrected chi connectivity index (χ1v) is 5.17. The largest absolute Gasteiger partial charge is 0.495 e. The summed E-state index contributed by atoms with van der Waals surface area (Å²) in [5, 5.41) is 0. The van der Waals surface area contributed by atoms with Crippen LogP contribution in [0.15, 0.2) is 12.1 Å². The molecule has 0 atom stereocenters. The SMILES string of the molecule is COc1c(C(=O)C(F)(F)F)cc(C(F)(F)F)cc1C(F)(F)F. The van der Waals surface area contributed by atoms with Gasteiger partial charge in [-0.25, -0.2) is 0 Å². The third-order valence-electron chi connectivity index (χ3n) is 2.43. The minimum atomic E-state index is -5.67. The third kappa shape index (κ3) is 3.63. The molecule has 11 heteroatoms. The molecule has 1 rings (SSSR count). The number of benzene rings is 1. The average molecular weight is 340 g/mol. The topological polar surface area (TPSA) is 26.3 Å². The maximum Gasteiger partial charge on any atom is 0.455 e. The van der Waals surface area contributed by atoms with Crippen molar-refractivity contribution < 1.29 is 49.0 Å². The van der Waals surface area contributed by atoms with Gasteiger partial charge in [0, 0.05) is 0 Å². The molecule has 0 unspecified atom stereocenters. The van der Waals surface area contributed by atoms with Gasteiger partial charge < -0.3 is 4.74 Å². The van der Waals surface area contributed by atoms with Gasteiger partial charge >= 0.3 is 18.5 Å². The van der Waals surface area contributed by atoms with Crippen molar-refractivity contribution in [3.8, 4) is 5.75 Å². The summed E-state index contributed by atoms with van der Waals surface area (Å²) in [5.41, 5.74) is -6.04. The lowest BCUT2D eigenvalue weighted by molar-refractivity contribution is -0.144. The molecule has 1 aromatic carbocycles. The van der Waals surface area contributed by atoms with E-state index in [1.807, 2.05) is 0 Å². The monoisotopic (exact) mass is 340 g/mol. The molecule has 0 aliphatic rings. The van der Waals surface area contributed by atoms with Crippen molar-refractivity contribution in [2.24, 2.45) is 0 Å². The lowest BCUT2D eigenvalue weighted by atomic mass is 9.99. The van der Waals surface area contributed by atoms with Crippen LogP contribution in [-0.2, 0) is 12.4 Å². The fourth-order valence-corrected chi connectivity index (χ4v) is 1.54. The van der Waals surface area contributed by atoms with E-state index < -0.39 is 52.8 Å². The fraction of sp³-hybridized carbons (Fsp3) is 0.364. The molecular formula is C11H5F9O2. The molecule has 0 aliphatic carbocycles. The minimum Gasteiger partial charge on any atom is -0.495 e. The predicted molar refractivity (Wildman–Crippen MR) is 53.4 cm³/mol. The molecule has 0 saturated heterocycles. The first-order valence-electron chi connectivity index (χ1n) is 5.17. The Morgan fingerprint density at radius 2 is 1.41 bits per heavy atom. The number of hydrogen-bond donors (Lipinski definition) is 0. The van der Waals surface area contributed by atoms with E-state index >= 15 is 0 Å². The minimum absolute atomic E-state index is 0.329. The highest BCUT2D eigenvalue weighted by atomic mass is 19.4. The zero-order valence-corrected chi connectivity index (χ0v) is 10.4. The van der Waals surface area contributed by atoms with E-state index in [-0.39, 0.29) is 6.07 Å². The van der Waals surface area contributed by atoms with Crippen LogP contribution in [0.4, 0.5) is 39.5 Å². The lowest BCUT2D eigenvalue weighted by Crippen LogP contribution is -2.25. The van der Waals surface area contributed by atoms with E-state index in [4.69, 9.17) is 0 Å². The van der Waals surface area contributed by atoms with Crippen LogP contribution in [-0.4, -0.2) is 19.1 Å². The van der Waals surface area contributed by atoms with Gasteiger partial charge in [-0.2, -0.15) is 39.5 Å². The Bertz CT molecular complexity index is 581. The number of halogens is 9. The van der Waals surface area contributed by atoms with Gasteiger partial charge in [-0.15, -0.1) is 0 Å². The van der Waals surface area contributed by atoms with Crippen molar-refractivity contribution in [1.82, 2.24) is 0 Å². The van der Waals surface area contributed by atoms with Gasteiger partial charge in [-0.05, 0) is 12.1 Å². The normalized spacial score (nSPS) is 13.2. The summed E-state index contributed by atoms with van der Waals surface area (Å²) < 4.78 is 117. The third-order valence-corrected chi connectivity index (χ3v) is 2.43. The second-order valence-electron chi connectivity index (χ2n) is 3.93. The summed E-state index contributed by atoms with van der Waals surface area (Å²) >= 11 is 0. The van der Waals surface area contributed by atoms with E-state index in [1.165, 1.54) is 0 Å². The molecule has 0 aliphatic heterocycles. The highest BCUT2D eigenvalue weighted by Crippen LogP contribution is 2.43. The summed E-state index contributed by atoms with van der Waals surface area (Å²) in [6, 6.07) is -0.754. The van der Waals surface area contributed by atoms with Gasteiger partial charge in [0.15, 0.2) is 0 Å². The molecule has 2 nitrogen and oxygen atoms in total. The zero-order chi connectivity index (χ0) is 17.5. The van der Waals surface area contributed by atoms with Gasteiger partial charge in [-0.3, -0.25) is 4.79 Å². The predicted octanol–water partition coefficient (Wildman–Crippen LogP) is 4.48. The molecule has 0 spiro atoms. The molecule has 124 valence electrons. The van der Waals surface area contributed by atoms with Crippen molar-refractivity contribution in [3.05, 3.63) is 28.8 Å². The number of carbonyl (C=O) groups excluding carboxylic acids is 1. The van der Waals surface area contributed by atoms with E-state index in [0.717, 1.165) is 0 Å². The van der Waals surface area contributed by atoms with Crippen molar-refractivity contribution >= 4 is 5.78 Å². The Labute approximate surface area is 116 Å². The number of carbonyl (C=O) groups is 1. The van der Waals surface area contributed by atoms with Crippen LogP contribution in [0.2, 0.25) is 0 Å². The average Bonchev–Trinajstić information content (AvgIpc) is 2.32. The van der Waals surface area contributed by atoms with Crippen LogP contribution >= 0.6 is 0 Å². The second-order valence-corrected chi connectivity index (χ2v) is 3.93. The summed E-state index contributed by atoms with van der Waals surface area (Å²) in [6.07, 6.45) is -16.5. The Morgan fingerprint density at radius 1 is 0.909 bits per heavy atom. The fourth-order valence-electron chi connectivity index (χ4n) is 1.54. The molecule has 1 aromatic rings. The summed E-state index contributed by atoms with van der Waals surface area (Å²) in [6.45, 7) is 0. The van der Waals surface area contributed by atoms with Gasteiger partial charge in [-0.1, -0.05) is 0 Å². The first-order chi connectivity index (χ1) is 9.69. The highest BCUT2D eigenvalue weighted by molar-refractivity contribution is 6.03. The molecule has 0 aromatic heterocycles. The van der Waals surface area contributed by atoms with Crippen molar-refractivity contribution in [2.45, 2.75) is 18.5 Å². The molecular weight excluding hydrogens is 335 g/mol. The number of rotatable bonds is 2. The Morgan fingerprint density at radius 3 is 1.73 bits per heavy atom. The zero-order valence-electron chi connectivity index (χ0n) is 10.4. The maximum absolute atomic E-state index is 12.7. The molecule has 0 bridgehead atoms. The summed E-state index contributed by atoms with van der Waals surface area (Å²) in [5.74, 6) is -4.50. The van der Waals surface area contributed by atoms with Crippen LogP contribution in [0.25, 0.3) is 0 Å².